The van der Waals surface area contributed by atoms with Gasteiger partial charge in [0.2, 0.25) is 0 Å². The Morgan fingerprint density at radius 2 is 1.89 bits per heavy atom. The minimum atomic E-state index is -0.407. The lowest BCUT2D eigenvalue weighted by atomic mass is 9.93. The Bertz CT molecular complexity index is 533. The fourth-order valence-corrected chi connectivity index (χ4v) is 2.42. The average Bonchev–Trinajstić information content (AvgIpc) is 2.36. The third-order valence-electron chi connectivity index (χ3n) is 3.86. The SMILES string of the molecule is OC(CNC1CCC1)c1ccc2ccccc2c1. The van der Waals surface area contributed by atoms with Gasteiger partial charge in [0.05, 0.1) is 6.10 Å². The molecule has 0 aliphatic heterocycles. The van der Waals surface area contributed by atoms with Gasteiger partial charge >= 0.3 is 0 Å². The molecule has 2 aromatic rings. The molecule has 0 radical (unpaired) electrons. The summed E-state index contributed by atoms with van der Waals surface area (Å²) in [5.41, 5.74) is 1.00. The molecule has 2 aromatic carbocycles. The van der Waals surface area contributed by atoms with Gasteiger partial charge in [-0.25, -0.2) is 0 Å². The second kappa shape index (κ2) is 5.09. The number of aliphatic hydroxyl groups is 1. The molecule has 1 fully saturated rings. The predicted molar refractivity (Wildman–Crippen MR) is 74.5 cm³/mol. The molecule has 3 rings (SSSR count). The highest BCUT2D eigenvalue weighted by Gasteiger charge is 2.18. The van der Waals surface area contributed by atoms with E-state index in [0.29, 0.717) is 12.6 Å². The Labute approximate surface area is 108 Å². The predicted octanol–water partition coefficient (Wildman–Crippen LogP) is 3.02. The van der Waals surface area contributed by atoms with Crippen LogP contribution in [-0.4, -0.2) is 17.7 Å². The molecule has 18 heavy (non-hydrogen) atoms. The maximum Gasteiger partial charge on any atom is 0.0914 e. The van der Waals surface area contributed by atoms with Gasteiger partial charge in [-0.05, 0) is 35.2 Å². The molecular formula is C16H19NO. The molecule has 94 valence electrons. The number of hydrogen-bond donors (Lipinski definition) is 2. The zero-order valence-electron chi connectivity index (χ0n) is 10.5. The van der Waals surface area contributed by atoms with Crippen LogP contribution in [0, 0.1) is 0 Å². The summed E-state index contributed by atoms with van der Waals surface area (Å²) in [6.45, 7) is 0.656. The fraction of sp³-hybridized carbons (Fsp3) is 0.375. The van der Waals surface area contributed by atoms with E-state index >= 15 is 0 Å². The van der Waals surface area contributed by atoms with Crippen molar-refractivity contribution in [2.45, 2.75) is 31.4 Å². The highest BCUT2D eigenvalue weighted by atomic mass is 16.3. The minimum Gasteiger partial charge on any atom is -0.387 e. The van der Waals surface area contributed by atoms with Crippen LogP contribution in [0.25, 0.3) is 10.8 Å². The van der Waals surface area contributed by atoms with E-state index in [0.717, 1.165) is 5.56 Å². The summed E-state index contributed by atoms with van der Waals surface area (Å²) >= 11 is 0. The Morgan fingerprint density at radius 1 is 1.11 bits per heavy atom. The lowest BCUT2D eigenvalue weighted by molar-refractivity contribution is 0.161. The van der Waals surface area contributed by atoms with Crippen molar-refractivity contribution >= 4 is 10.8 Å². The standard InChI is InChI=1S/C16H19NO/c18-16(11-17-15-6-3-7-15)14-9-8-12-4-1-2-5-13(12)10-14/h1-2,4-5,8-10,15-18H,3,6-7,11H2. The van der Waals surface area contributed by atoms with Crippen molar-refractivity contribution in [1.82, 2.24) is 5.32 Å². The summed E-state index contributed by atoms with van der Waals surface area (Å²) in [5, 5.41) is 16.0. The topological polar surface area (TPSA) is 32.3 Å². The average molecular weight is 241 g/mol. The molecule has 0 aromatic heterocycles. The van der Waals surface area contributed by atoms with Crippen molar-refractivity contribution in [2.75, 3.05) is 6.54 Å². The van der Waals surface area contributed by atoms with E-state index in [1.165, 1.54) is 30.0 Å². The Kier molecular flexibility index (Phi) is 3.31. The van der Waals surface area contributed by atoms with Gasteiger partial charge < -0.3 is 10.4 Å². The maximum absolute atomic E-state index is 10.2. The number of nitrogens with one attached hydrogen (secondary N) is 1. The monoisotopic (exact) mass is 241 g/mol. The molecular weight excluding hydrogens is 222 g/mol. The van der Waals surface area contributed by atoms with Gasteiger partial charge in [0.1, 0.15) is 0 Å². The van der Waals surface area contributed by atoms with Crippen molar-refractivity contribution in [3.05, 3.63) is 48.0 Å². The van der Waals surface area contributed by atoms with Crippen LogP contribution in [0.4, 0.5) is 0 Å². The molecule has 0 bridgehead atoms. The van der Waals surface area contributed by atoms with Gasteiger partial charge in [-0.2, -0.15) is 0 Å². The normalized spacial score (nSPS) is 17.6. The van der Waals surface area contributed by atoms with E-state index in [1.807, 2.05) is 18.2 Å². The van der Waals surface area contributed by atoms with Crippen molar-refractivity contribution in [1.29, 1.82) is 0 Å². The van der Waals surface area contributed by atoms with Gasteiger partial charge in [-0.15, -0.1) is 0 Å². The van der Waals surface area contributed by atoms with E-state index in [1.54, 1.807) is 0 Å². The molecule has 2 nitrogen and oxygen atoms in total. The molecule has 1 unspecified atom stereocenters. The Morgan fingerprint density at radius 3 is 2.61 bits per heavy atom. The molecule has 1 aliphatic carbocycles. The van der Waals surface area contributed by atoms with Crippen LogP contribution in [0.1, 0.15) is 30.9 Å². The smallest absolute Gasteiger partial charge is 0.0914 e. The number of fused-ring (bicyclic) bond motifs is 1. The summed E-state index contributed by atoms with van der Waals surface area (Å²) < 4.78 is 0. The van der Waals surface area contributed by atoms with Crippen LogP contribution in [0.5, 0.6) is 0 Å². The largest absolute Gasteiger partial charge is 0.387 e. The van der Waals surface area contributed by atoms with E-state index < -0.39 is 6.10 Å². The summed E-state index contributed by atoms with van der Waals surface area (Å²) in [7, 11) is 0. The number of benzene rings is 2. The highest BCUT2D eigenvalue weighted by molar-refractivity contribution is 5.83. The van der Waals surface area contributed by atoms with E-state index in [4.69, 9.17) is 0 Å². The summed E-state index contributed by atoms with van der Waals surface area (Å²) in [6, 6.07) is 15.1. The van der Waals surface area contributed by atoms with Gasteiger partial charge in [-0.3, -0.25) is 0 Å². The molecule has 2 N–H and O–H groups in total. The van der Waals surface area contributed by atoms with Crippen molar-refractivity contribution in [2.24, 2.45) is 0 Å². The van der Waals surface area contributed by atoms with Crippen molar-refractivity contribution in [3.63, 3.8) is 0 Å². The van der Waals surface area contributed by atoms with Gasteiger partial charge in [0.25, 0.3) is 0 Å². The third kappa shape index (κ3) is 2.40. The maximum atomic E-state index is 10.2. The van der Waals surface area contributed by atoms with Crippen LogP contribution in [-0.2, 0) is 0 Å². The summed E-state index contributed by atoms with van der Waals surface area (Å²) in [4.78, 5) is 0. The van der Waals surface area contributed by atoms with Crippen molar-refractivity contribution in [3.8, 4) is 0 Å². The van der Waals surface area contributed by atoms with Gasteiger partial charge in [-0.1, -0.05) is 42.8 Å². The van der Waals surface area contributed by atoms with Crippen molar-refractivity contribution < 1.29 is 5.11 Å². The quantitative estimate of drug-likeness (QED) is 0.862. The molecule has 1 atom stereocenters. The first-order chi connectivity index (χ1) is 8.83. The Hall–Kier alpha value is -1.38. The molecule has 1 aliphatic rings. The molecule has 2 heteroatoms. The Balaban J connectivity index is 1.71. The molecule has 0 amide bonds. The first kappa shape index (κ1) is 11.7. The first-order valence-electron chi connectivity index (χ1n) is 6.73. The van der Waals surface area contributed by atoms with E-state index in [2.05, 4.69) is 29.6 Å². The highest BCUT2D eigenvalue weighted by Crippen LogP contribution is 2.22. The second-order valence-corrected chi connectivity index (χ2v) is 5.16. The molecule has 1 saturated carbocycles. The first-order valence-corrected chi connectivity index (χ1v) is 6.73. The zero-order chi connectivity index (χ0) is 12.4. The van der Waals surface area contributed by atoms with Crippen LogP contribution < -0.4 is 5.32 Å². The minimum absolute atomic E-state index is 0.407. The zero-order valence-corrected chi connectivity index (χ0v) is 10.5. The van der Waals surface area contributed by atoms with Gasteiger partial charge in [0, 0.05) is 12.6 Å². The van der Waals surface area contributed by atoms with Crippen LogP contribution in [0.15, 0.2) is 42.5 Å². The van der Waals surface area contributed by atoms with E-state index in [9.17, 15) is 5.11 Å². The van der Waals surface area contributed by atoms with Gasteiger partial charge in [0.15, 0.2) is 0 Å². The third-order valence-corrected chi connectivity index (χ3v) is 3.86. The molecule has 0 heterocycles. The fourth-order valence-electron chi connectivity index (χ4n) is 2.42. The summed E-state index contributed by atoms with van der Waals surface area (Å²) in [6.07, 6.45) is 3.42. The number of aliphatic hydroxyl groups excluding tert-OH is 1. The summed E-state index contributed by atoms with van der Waals surface area (Å²) in [5.74, 6) is 0. The lowest BCUT2D eigenvalue weighted by Crippen LogP contribution is -2.37. The second-order valence-electron chi connectivity index (χ2n) is 5.16. The number of rotatable bonds is 4. The van der Waals surface area contributed by atoms with Crippen LogP contribution in [0.2, 0.25) is 0 Å². The molecule has 0 saturated heterocycles. The van der Waals surface area contributed by atoms with Crippen LogP contribution >= 0.6 is 0 Å². The van der Waals surface area contributed by atoms with Crippen LogP contribution in [0.3, 0.4) is 0 Å². The van der Waals surface area contributed by atoms with E-state index in [-0.39, 0.29) is 0 Å². The lowest BCUT2D eigenvalue weighted by Gasteiger charge is -2.27. The number of hydrogen-bond acceptors (Lipinski definition) is 2. The molecule has 0 spiro atoms.